The third kappa shape index (κ3) is 52.4. The van der Waals surface area contributed by atoms with Crippen LogP contribution in [0.25, 0.3) is 0 Å². The zero-order valence-corrected chi connectivity index (χ0v) is 45.2. The molecule has 0 saturated carbocycles. The first-order chi connectivity index (χ1) is 33.6. The Morgan fingerprint density at radius 3 is 1.23 bits per heavy atom. The number of nitrogens with zero attached hydrogens (tertiary/aromatic N) is 1. The molecule has 2 atom stereocenters. The van der Waals surface area contributed by atoms with Crippen LogP contribution in [0.4, 0.5) is 0 Å². The molecule has 0 radical (unpaired) electrons. The van der Waals surface area contributed by atoms with Gasteiger partial charge in [-0.15, -0.1) is 0 Å². The van der Waals surface area contributed by atoms with Crippen molar-refractivity contribution < 1.29 is 42.9 Å². The zero-order chi connectivity index (χ0) is 50.6. The van der Waals surface area contributed by atoms with Gasteiger partial charge in [0.25, 0.3) is 6.29 Å². The molecule has 0 aliphatic heterocycles. The number of hydrogen-bond donors (Lipinski definition) is 1. The summed E-state index contributed by atoms with van der Waals surface area (Å²) in [6, 6.07) is 0. The number of likely N-dealkylation sites (N-methyl/N-ethyl adjacent to an activating group) is 1. The minimum absolute atomic E-state index is 0.180. The summed E-state index contributed by atoms with van der Waals surface area (Å²) in [6.45, 7) is 4.75. The van der Waals surface area contributed by atoms with Crippen LogP contribution in [0.2, 0.25) is 0 Å². The Kier molecular flexibility index (Phi) is 48.7. The molecule has 0 aromatic heterocycles. The van der Waals surface area contributed by atoms with Crippen LogP contribution in [0.15, 0.2) is 72.9 Å². The number of quaternary nitrogens is 1. The topological polar surface area (TPSA) is 108 Å². The Labute approximate surface area is 424 Å². The number of esters is 2. The van der Waals surface area contributed by atoms with Gasteiger partial charge in [0.1, 0.15) is 13.2 Å². The largest absolute Gasteiger partial charge is 0.477 e. The van der Waals surface area contributed by atoms with Crippen molar-refractivity contribution in [2.75, 3.05) is 47.5 Å². The Morgan fingerprint density at radius 2 is 0.826 bits per heavy atom. The van der Waals surface area contributed by atoms with Crippen LogP contribution < -0.4 is 0 Å². The second kappa shape index (κ2) is 51.1. The summed E-state index contributed by atoms with van der Waals surface area (Å²) in [5, 5.41) is 9.69. The third-order valence-corrected chi connectivity index (χ3v) is 12.0. The summed E-state index contributed by atoms with van der Waals surface area (Å²) in [7, 11) is 5.96. The number of rotatable bonds is 51. The second-order valence-electron chi connectivity index (χ2n) is 19.9. The van der Waals surface area contributed by atoms with E-state index < -0.39 is 24.3 Å². The van der Waals surface area contributed by atoms with Crippen molar-refractivity contribution in [1.82, 2.24) is 0 Å². The predicted octanol–water partition coefficient (Wildman–Crippen LogP) is 16.2. The van der Waals surface area contributed by atoms with Crippen molar-refractivity contribution in [3.8, 4) is 0 Å². The lowest BCUT2D eigenvalue weighted by Gasteiger charge is -2.25. The molecule has 2 unspecified atom stereocenters. The average molecular weight is 970 g/mol. The first kappa shape index (κ1) is 65.7. The molecule has 0 saturated heterocycles. The highest BCUT2D eigenvalue weighted by atomic mass is 16.7. The van der Waals surface area contributed by atoms with Gasteiger partial charge in [0, 0.05) is 12.8 Å². The van der Waals surface area contributed by atoms with Crippen molar-refractivity contribution >= 4 is 17.9 Å². The lowest BCUT2D eigenvalue weighted by molar-refractivity contribution is -0.870. The maximum Gasteiger partial charge on any atom is 0.361 e. The third-order valence-electron chi connectivity index (χ3n) is 12.0. The molecule has 1 N–H and O–H groups in total. The molecular formula is C60H106NO8+. The van der Waals surface area contributed by atoms with Gasteiger partial charge in [-0.2, -0.15) is 0 Å². The molecule has 0 aromatic rings. The minimum atomic E-state index is -1.52. The van der Waals surface area contributed by atoms with E-state index in [0.29, 0.717) is 23.9 Å². The summed E-state index contributed by atoms with van der Waals surface area (Å²) in [5.41, 5.74) is 0. The van der Waals surface area contributed by atoms with Gasteiger partial charge >= 0.3 is 17.9 Å². The lowest BCUT2D eigenvalue weighted by Crippen LogP contribution is -2.40. The van der Waals surface area contributed by atoms with E-state index in [1.807, 2.05) is 21.1 Å². The fraction of sp³-hybridized carbons (Fsp3) is 0.750. The number of hydrogen-bond acceptors (Lipinski definition) is 7. The van der Waals surface area contributed by atoms with Crippen molar-refractivity contribution in [3.63, 3.8) is 0 Å². The predicted molar refractivity (Wildman–Crippen MR) is 290 cm³/mol. The molecule has 9 heteroatoms. The van der Waals surface area contributed by atoms with Crippen LogP contribution in [0, 0.1) is 0 Å². The summed E-state index contributed by atoms with van der Waals surface area (Å²) in [5.74, 6) is -2.04. The van der Waals surface area contributed by atoms with Crippen molar-refractivity contribution in [2.45, 2.75) is 245 Å². The van der Waals surface area contributed by atoms with Crippen LogP contribution >= 0.6 is 0 Å². The molecule has 0 aromatic carbocycles. The molecule has 0 rings (SSSR count). The molecule has 0 spiro atoms. The maximum absolute atomic E-state index is 12.9. The van der Waals surface area contributed by atoms with Gasteiger partial charge in [0.05, 0.1) is 34.4 Å². The van der Waals surface area contributed by atoms with Crippen LogP contribution in [0.3, 0.4) is 0 Å². The highest BCUT2D eigenvalue weighted by Gasteiger charge is 2.25. The molecule has 0 aliphatic carbocycles. The maximum atomic E-state index is 12.9. The van der Waals surface area contributed by atoms with Gasteiger partial charge in [-0.05, 0) is 64.2 Å². The molecule has 0 aliphatic rings. The number of aliphatic carboxylic acids is 1. The first-order valence-electron chi connectivity index (χ1n) is 28.1. The average Bonchev–Trinajstić information content (AvgIpc) is 3.31. The Hall–Kier alpha value is -3.27. The molecule has 0 fully saturated rings. The Bertz CT molecular complexity index is 1360. The van der Waals surface area contributed by atoms with Gasteiger partial charge in [0.15, 0.2) is 6.10 Å². The number of allylic oxidation sites excluding steroid dienone is 12. The highest BCUT2D eigenvalue weighted by Crippen LogP contribution is 2.16. The van der Waals surface area contributed by atoms with Crippen LogP contribution in [-0.4, -0.2) is 87.4 Å². The fourth-order valence-electron chi connectivity index (χ4n) is 7.66. The quantitative estimate of drug-likeness (QED) is 0.0211. The van der Waals surface area contributed by atoms with E-state index in [4.69, 9.17) is 18.9 Å². The molecule has 69 heavy (non-hydrogen) atoms. The summed E-state index contributed by atoms with van der Waals surface area (Å²) in [4.78, 5) is 37.4. The molecule has 0 bridgehead atoms. The number of carboxylic acid groups (broad SMARTS) is 1. The van der Waals surface area contributed by atoms with E-state index >= 15 is 0 Å². The summed E-state index contributed by atoms with van der Waals surface area (Å²) >= 11 is 0. The van der Waals surface area contributed by atoms with E-state index in [-0.39, 0.29) is 32.2 Å². The highest BCUT2D eigenvalue weighted by molar-refractivity contribution is 5.71. The standard InChI is InChI=1S/C60H105NO8/c1-6-8-10-12-14-16-18-20-22-24-26-28-29-31-33-35-37-39-41-43-45-47-49-51-58(63)69-56(55-68-60(59(64)65)66-53-52-61(3,4)5)54-67-57(62)50-48-46-44-42-40-38-36-34-32-30-27-25-23-21-19-17-15-13-11-9-7-2/h8,10,14,16,20,22,26,28,31,33,37,39,56,60H,6-7,9,11-13,15,17-19,21,23-25,27,29-30,32,34-36,38,40-55H2,1-5H3/p+1/b10-8-,16-14-,22-20-,28-26-,33-31-,39-37-. The monoisotopic (exact) mass is 969 g/mol. The van der Waals surface area contributed by atoms with E-state index in [1.54, 1.807) is 0 Å². The molecular weight excluding hydrogens is 863 g/mol. The van der Waals surface area contributed by atoms with Crippen LogP contribution in [0.5, 0.6) is 0 Å². The van der Waals surface area contributed by atoms with Gasteiger partial charge in [-0.1, -0.05) is 228 Å². The smallest absolute Gasteiger partial charge is 0.361 e. The number of ether oxygens (including phenoxy) is 4. The Balaban J connectivity index is 4.34. The normalized spacial score (nSPS) is 13.3. The molecule has 0 amide bonds. The van der Waals surface area contributed by atoms with Gasteiger partial charge in [0.2, 0.25) is 0 Å². The van der Waals surface area contributed by atoms with E-state index in [1.165, 1.54) is 116 Å². The van der Waals surface area contributed by atoms with Gasteiger partial charge in [-0.25, -0.2) is 4.79 Å². The van der Waals surface area contributed by atoms with E-state index in [9.17, 15) is 19.5 Å². The number of unbranched alkanes of at least 4 members (excludes halogenated alkanes) is 24. The number of carbonyl (C=O) groups is 3. The molecule has 9 nitrogen and oxygen atoms in total. The zero-order valence-electron chi connectivity index (χ0n) is 45.2. The van der Waals surface area contributed by atoms with Crippen molar-refractivity contribution in [1.29, 1.82) is 0 Å². The Morgan fingerprint density at radius 1 is 0.449 bits per heavy atom. The SMILES string of the molecule is CC/C=C\C/C=C\C/C=C\C/C=C\C/C=C\C/C=C\CCCCCCC(=O)OC(COC(=O)CCCCCCCCCCCCCCCCCCCCCCC)COC(OCC[N+](C)(C)C)C(=O)O. The van der Waals surface area contributed by atoms with Crippen molar-refractivity contribution in [3.05, 3.63) is 72.9 Å². The first-order valence-corrected chi connectivity index (χ1v) is 28.1. The molecule has 398 valence electrons. The summed E-state index contributed by atoms with van der Waals surface area (Å²) in [6.07, 6.45) is 62.6. The van der Waals surface area contributed by atoms with Crippen molar-refractivity contribution in [2.24, 2.45) is 0 Å². The summed E-state index contributed by atoms with van der Waals surface area (Å²) < 4.78 is 22.8. The van der Waals surface area contributed by atoms with E-state index in [2.05, 4.69) is 86.8 Å². The number of carboxylic acids is 1. The second-order valence-corrected chi connectivity index (χ2v) is 19.9. The van der Waals surface area contributed by atoms with E-state index in [0.717, 1.165) is 83.5 Å². The van der Waals surface area contributed by atoms with Crippen LogP contribution in [0.1, 0.15) is 232 Å². The van der Waals surface area contributed by atoms with Crippen LogP contribution in [-0.2, 0) is 33.3 Å². The lowest BCUT2D eigenvalue weighted by atomic mass is 10.0. The minimum Gasteiger partial charge on any atom is -0.477 e. The van der Waals surface area contributed by atoms with Gasteiger partial charge < -0.3 is 28.5 Å². The molecule has 0 heterocycles. The number of carbonyl (C=O) groups excluding carboxylic acids is 2. The van der Waals surface area contributed by atoms with Gasteiger partial charge in [-0.3, -0.25) is 9.59 Å². The fourth-order valence-corrected chi connectivity index (χ4v) is 7.66.